The number of rotatable bonds is 4. The summed E-state index contributed by atoms with van der Waals surface area (Å²) in [6, 6.07) is 7.93. The molecule has 0 radical (unpaired) electrons. The molecule has 0 saturated heterocycles. The Labute approximate surface area is 124 Å². The summed E-state index contributed by atoms with van der Waals surface area (Å²) in [4.78, 5) is 13.8. The summed E-state index contributed by atoms with van der Waals surface area (Å²) >= 11 is 0. The van der Waals surface area contributed by atoms with Gasteiger partial charge in [-0.1, -0.05) is 19.9 Å². The maximum absolute atomic E-state index is 4.66. The molecule has 3 heterocycles. The Morgan fingerprint density at radius 1 is 1.19 bits per heavy atom. The lowest BCUT2D eigenvalue weighted by Gasteiger charge is -2.08. The van der Waals surface area contributed by atoms with Gasteiger partial charge in [0.25, 0.3) is 0 Å². The molecule has 0 aliphatic rings. The third kappa shape index (κ3) is 2.86. The van der Waals surface area contributed by atoms with Crippen LogP contribution in [0.25, 0.3) is 17.2 Å². The number of nitrogens with one attached hydrogen (secondary N) is 1. The van der Waals surface area contributed by atoms with Crippen LogP contribution in [0.5, 0.6) is 0 Å². The number of anilines is 1. The maximum Gasteiger partial charge on any atom is 0.182 e. The molecular formula is C16H19N5. The van der Waals surface area contributed by atoms with E-state index >= 15 is 0 Å². The summed E-state index contributed by atoms with van der Waals surface area (Å²) < 4.78 is 1.98. The SMILES string of the molecule is CNc1cc(CC(C)C)nc(-c2cn3ccccc3n2)n1. The van der Waals surface area contributed by atoms with Crippen LogP contribution >= 0.6 is 0 Å². The van der Waals surface area contributed by atoms with Crippen molar-refractivity contribution in [3.8, 4) is 11.5 Å². The van der Waals surface area contributed by atoms with Crippen LogP contribution in [-0.4, -0.2) is 26.4 Å². The second kappa shape index (κ2) is 5.52. The van der Waals surface area contributed by atoms with E-state index < -0.39 is 0 Å². The summed E-state index contributed by atoms with van der Waals surface area (Å²) in [5.41, 5.74) is 2.73. The largest absolute Gasteiger partial charge is 0.373 e. The number of imidazole rings is 1. The molecule has 3 rings (SSSR count). The Bertz CT molecular complexity index is 727. The summed E-state index contributed by atoms with van der Waals surface area (Å²) in [6.07, 6.45) is 4.86. The van der Waals surface area contributed by atoms with Crippen LogP contribution in [0.4, 0.5) is 5.82 Å². The standard InChI is InChI=1S/C16H19N5/c1-11(2)8-12-9-14(17-3)20-16(18-12)13-10-21-7-5-4-6-15(21)19-13/h4-7,9-11H,8H2,1-3H3,(H,17,18,20). The Balaban J connectivity index is 2.07. The summed E-state index contributed by atoms with van der Waals surface area (Å²) in [5, 5.41) is 3.10. The lowest BCUT2D eigenvalue weighted by atomic mass is 10.1. The van der Waals surface area contributed by atoms with Gasteiger partial charge < -0.3 is 9.72 Å². The Morgan fingerprint density at radius 3 is 2.76 bits per heavy atom. The van der Waals surface area contributed by atoms with Crippen molar-refractivity contribution in [3.05, 3.63) is 42.4 Å². The molecule has 108 valence electrons. The second-order valence-corrected chi connectivity index (χ2v) is 5.51. The van der Waals surface area contributed by atoms with Gasteiger partial charge in [-0.3, -0.25) is 0 Å². The number of hydrogen-bond acceptors (Lipinski definition) is 4. The van der Waals surface area contributed by atoms with Crippen molar-refractivity contribution in [2.45, 2.75) is 20.3 Å². The van der Waals surface area contributed by atoms with E-state index in [4.69, 9.17) is 0 Å². The molecule has 0 saturated carbocycles. The van der Waals surface area contributed by atoms with Crippen molar-refractivity contribution in [2.24, 2.45) is 5.92 Å². The fourth-order valence-corrected chi connectivity index (χ4v) is 2.31. The van der Waals surface area contributed by atoms with Crippen LogP contribution in [0.2, 0.25) is 0 Å². The van der Waals surface area contributed by atoms with Crippen molar-refractivity contribution < 1.29 is 0 Å². The lowest BCUT2D eigenvalue weighted by Crippen LogP contribution is -2.03. The maximum atomic E-state index is 4.66. The number of aromatic nitrogens is 4. The number of pyridine rings is 1. The summed E-state index contributed by atoms with van der Waals surface area (Å²) in [6.45, 7) is 4.37. The highest BCUT2D eigenvalue weighted by Gasteiger charge is 2.11. The Morgan fingerprint density at radius 2 is 2.05 bits per heavy atom. The molecule has 5 heteroatoms. The van der Waals surface area contributed by atoms with Crippen LogP contribution in [0, 0.1) is 5.92 Å². The third-order valence-electron chi connectivity index (χ3n) is 3.25. The fraction of sp³-hybridized carbons (Fsp3) is 0.312. The van der Waals surface area contributed by atoms with Crippen LogP contribution in [0.1, 0.15) is 19.5 Å². The molecule has 0 fully saturated rings. The van der Waals surface area contributed by atoms with Crippen LogP contribution in [-0.2, 0) is 6.42 Å². The molecule has 3 aromatic heterocycles. The third-order valence-corrected chi connectivity index (χ3v) is 3.25. The molecule has 0 spiro atoms. The van der Waals surface area contributed by atoms with Gasteiger partial charge in [-0.25, -0.2) is 15.0 Å². The predicted octanol–water partition coefficient (Wildman–Crippen LogP) is 3.03. The first kappa shape index (κ1) is 13.5. The highest BCUT2D eigenvalue weighted by molar-refractivity contribution is 5.57. The molecule has 1 N–H and O–H groups in total. The monoisotopic (exact) mass is 281 g/mol. The number of nitrogens with zero attached hydrogens (tertiary/aromatic N) is 4. The van der Waals surface area contributed by atoms with Crippen LogP contribution < -0.4 is 5.32 Å². The number of fused-ring (bicyclic) bond motifs is 1. The van der Waals surface area contributed by atoms with Gasteiger partial charge in [0.2, 0.25) is 0 Å². The van der Waals surface area contributed by atoms with E-state index in [0.717, 1.165) is 29.3 Å². The molecule has 5 nitrogen and oxygen atoms in total. The fourth-order valence-electron chi connectivity index (χ4n) is 2.31. The zero-order valence-electron chi connectivity index (χ0n) is 12.5. The minimum Gasteiger partial charge on any atom is -0.373 e. The molecule has 21 heavy (non-hydrogen) atoms. The first-order valence-electron chi connectivity index (χ1n) is 7.15. The Hall–Kier alpha value is -2.43. The topological polar surface area (TPSA) is 55.1 Å². The quantitative estimate of drug-likeness (QED) is 0.798. The second-order valence-electron chi connectivity index (χ2n) is 5.51. The minimum atomic E-state index is 0.554. The van der Waals surface area contributed by atoms with Crippen molar-refractivity contribution in [3.63, 3.8) is 0 Å². The average Bonchev–Trinajstić information content (AvgIpc) is 2.90. The van der Waals surface area contributed by atoms with Gasteiger partial charge in [0.05, 0.1) is 0 Å². The van der Waals surface area contributed by atoms with Gasteiger partial charge >= 0.3 is 0 Å². The first-order valence-corrected chi connectivity index (χ1v) is 7.15. The molecule has 0 aromatic carbocycles. The first-order chi connectivity index (χ1) is 10.2. The van der Waals surface area contributed by atoms with E-state index in [1.807, 2.05) is 48.1 Å². The number of hydrogen-bond donors (Lipinski definition) is 1. The van der Waals surface area contributed by atoms with Crippen LogP contribution in [0.3, 0.4) is 0 Å². The summed E-state index contributed by atoms with van der Waals surface area (Å²) in [7, 11) is 1.87. The average molecular weight is 281 g/mol. The molecular weight excluding hydrogens is 262 g/mol. The van der Waals surface area contributed by atoms with Gasteiger partial charge in [0, 0.05) is 31.2 Å². The van der Waals surface area contributed by atoms with Gasteiger partial charge in [-0.15, -0.1) is 0 Å². The van der Waals surface area contributed by atoms with Gasteiger partial charge in [0.15, 0.2) is 5.82 Å². The van der Waals surface area contributed by atoms with Gasteiger partial charge in [0.1, 0.15) is 17.2 Å². The van der Waals surface area contributed by atoms with Gasteiger partial charge in [-0.05, 0) is 24.5 Å². The molecule has 0 bridgehead atoms. The van der Waals surface area contributed by atoms with Crippen LogP contribution in [0.15, 0.2) is 36.7 Å². The Kier molecular flexibility index (Phi) is 3.56. The lowest BCUT2D eigenvalue weighted by molar-refractivity contribution is 0.635. The van der Waals surface area contributed by atoms with Crippen molar-refractivity contribution in [1.82, 2.24) is 19.4 Å². The van der Waals surface area contributed by atoms with Crippen molar-refractivity contribution in [2.75, 3.05) is 12.4 Å². The van der Waals surface area contributed by atoms with E-state index in [1.165, 1.54) is 0 Å². The molecule has 3 aromatic rings. The van der Waals surface area contributed by atoms with E-state index in [2.05, 4.69) is 34.1 Å². The smallest absolute Gasteiger partial charge is 0.182 e. The molecule has 0 aliphatic carbocycles. The van der Waals surface area contributed by atoms with Gasteiger partial charge in [-0.2, -0.15) is 0 Å². The normalized spacial score (nSPS) is 11.2. The highest BCUT2D eigenvalue weighted by atomic mass is 15.1. The molecule has 0 aliphatic heterocycles. The predicted molar refractivity (Wildman–Crippen MR) is 84.3 cm³/mol. The van der Waals surface area contributed by atoms with E-state index in [0.29, 0.717) is 11.7 Å². The highest BCUT2D eigenvalue weighted by Crippen LogP contribution is 2.19. The van der Waals surface area contributed by atoms with E-state index in [9.17, 15) is 0 Å². The van der Waals surface area contributed by atoms with Crippen molar-refractivity contribution >= 4 is 11.5 Å². The molecule has 0 unspecified atom stereocenters. The summed E-state index contributed by atoms with van der Waals surface area (Å²) in [5.74, 6) is 2.05. The zero-order chi connectivity index (χ0) is 14.8. The zero-order valence-corrected chi connectivity index (χ0v) is 12.5. The molecule has 0 atom stereocenters. The van der Waals surface area contributed by atoms with E-state index in [-0.39, 0.29) is 0 Å². The van der Waals surface area contributed by atoms with Crippen molar-refractivity contribution in [1.29, 1.82) is 0 Å². The van der Waals surface area contributed by atoms with E-state index in [1.54, 1.807) is 0 Å². The minimum absolute atomic E-state index is 0.554. The molecule has 0 amide bonds.